The average Bonchev–Trinajstić information content (AvgIpc) is 2.74. The van der Waals surface area contributed by atoms with Gasteiger partial charge in [0.25, 0.3) is 0 Å². The third kappa shape index (κ3) is 1.99. The molecule has 0 aromatic heterocycles. The van der Waals surface area contributed by atoms with Crippen molar-refractivity contribution in [2.24, 2.45) is 23.7 Å². The van der Waals surface area contributed by atoms with Crippen LogP contribution >= 0.6 is 0 Å². The second-order valence-electron chi connectivity index (χ2n) is 5.72. The van der Waals surface area contributed by atoms with Crippen molar-refractivity contribution >= 4 is 0 Å². The van der Waals surface area contributed by atoms with E-state index in [0.29, 0.717) is 0 Å². The van der Waals surface area contributed by atoms with Gasteiger partial charge in [-0.3, -0.25) is 0 Å². The molecule has 82 valence electrons. The second kappa shape index (κ2) is 4.68. The van der Waals surface area contributed by atoms with E-state index >= 15 is 0 Å². The molecule has 0 radical (unpaired) electrons. The van der Waals surface area contributed by atoms with Gasteiger partial charge in [0, 0.05) is 0 Å². The molecule has 0 N–H and O–H groups in total. The summed E-state index contributed by atoms with van der Waals surface area (Å²) in [5.74, 6) is 4.37. The lowest BCUT2D eigenvalue weighted by Crippen LogP contribution is -2.21. The van der Waals surface area contributed by atoms with Crippen molar-refractivity contribution in [2.75, 3.05) is 0 Å². The van der Waals surface area contributed by atoms with E-state index in [-0.39, 0.29) is 0 Å². The van der Waals surface area contributed by atoms with Crippen molar-refractivity contribution < 1.29 is 0 Å². The summed E-state index contributed by atoms with van der Waals surface area (Å²) < 4.78 is 0. The molecule has 0 aromatic rings. The van der Waals surface area contributed by atoms with Gasteiger partial charge in [0.05, 0.1) is 0 Å². The molecule has 0 nitrogen and oxygen atoms in total. The summed E-state index contributed by atoms with van der Waals surface area (Å²) in [5.41, 5.74) is 0. The predicted octanol–water partition coefficient (Wildman–Crippen LogP) is 4.64. The van der Waals surface area contributed by atoms with Gasteiger partial charge in [-0.25, -0.2) is 0 Å². The zero-order valence-electron chi connectivity index (χ0n) is 9.97. The smallest absolute Gasteiger partial charge is 0.0355 e. The van der Waals surface area contributed by atoms with Gasteiger partial charge in [0.15, 0.2) is 0 Å². The Bertz CT molecular complexity index is 173. The van der Waals surface area contributed by atoms with Crippen molar-refractivity contribution in [2.45, 2.75) is 65.2 Å². The maximum atomic E-state index is 2.50. The van der Waals surface area contributed by atoms with Gasteiger partial charge in [0.1, 0.15) is 0 Å². The van der Waals surface area contributed by atoms with Gasteiger partial charge in [-0.15, -0.1) is 0 Å². The Kier molecular flexibility index (Phi) is 3.52. The SMILES string of the molecule is CCCC1CCCC1C1CCCC1C. The van der Waals surface area contributed by atoms with Crippen LogP contribution in [0.4, 0.5) is 0 Å². The fourth-order valence-electron chi connectivity index (χ4n) is 4.17. The van der Waals surface area contributed by atoms with Gasteiger partial charge in [-0.1, -0.05) is 52.4 Å². The summed E-state index contributed by atoms with van der Waals surface area (Å²) in [6.07, 6.45) is 12.1. The summed E-state index contributed by atoms with van der Waals surface area (Å²) in [4.78, 5) is 0. The van der Waals surface area contributed by atoms with Crippen molar-refractivity contribution in [3.05, 3.63) is 0 Å². The van der Waals surface area contributed by atoms with Crippen LogP contribution in [0, 0.1) is 23.7 Å². The van der Waals surface area contributed by atoms with Crippen molar-refractivity contribution in [3.8, 4) is 0 Å². The molecule has 0 aromatic carbocycles. The first-order valence-electron chi connectivity index (χ1n) is 6.83. The summed E-state index contributed by atoms with van der Waals surface area (Å²) in [6, 6.07) is 0. The summed E-state index contributed by atoms with van der Waals surface area (Å²) in [6.45, 7) is 4.85. The van der Waals surface area contributed by atoms with Gasteiger partial charge in [-0.05, 0) is 36.5 Å². The zero-order valence-corrected chi connectivity index (χ0v) is 9.97. The first-order valence-corrected chi connectivity index (χ1v) is 6.83. The Hall–Kier alpha value is 0. The molecule has 2 aliphatic rings. The normalized spacial score (nSPS) is 43.3. The Balaban J connectivity index is 1.94. The minimum absolute atomic E-state index is 1.04. The topological polar surface area (TPSA) is 0 Å². The van der Waals surface area contributed by atoms with Gasteiger partial charge in [0.2, 0.25) is 0 Å². The molecule has 2 fully saturated rings. The predicted molar refractivity (Wildman–Crippen MR) is 62.2 cm³/mol. The van der Waals surface area contributed by atoms with Crippen LogP contribution in [-0.4, -0.2) is 0 Å². The summed E-state index contributed by atoms with van der Waals surface area (Å²) >= 11 is 0. The van der Waals surface area contributed by atoms with Gasteiger partial charge in [-0.2, -0.15) is 0 Å². The van der Waals surface area contributed by atoms with Crippen LogP contribution in [0.3, 0.4) is 0 Å². The molecule has 0 saturated heterocycles. The van der Waals surface area contributed by atoms with E-state index in [1.807, 2.05) is 0 Å². The van der Waals surface area contributed by atoms with E-state index < -0.39 is 0 Å². The molecule has 14 heavy (non-hydrogen) atoms. The van der Waals surface area contributed by atoms with E-state index in [4.69, 9.17) is 0 Å². The molecule has 0 bridgehead atoms. The van der Waals surface area contributed by atoms with E-state index in [0.717, 1.165) is 23.7 Å². The van der Waals surface area contributed by atoms with Gasteiger partial charge >= 0.3 is 0 Å². The van der Waals surface area contributed by atoms with Crippen LogP contribution in [0.15, 0.2) is 0 Å². The lowest BCUT2D eigenvalue weighted by molar-refractivity contribution is 0.210. The van der Waals surface area contributed by atoms with E-state index in [1.165, 1.54) is 32.1 Å². The van der Waals surface area contributed by atoms with Crippen molar-refractivity contribution in [1.29, 1.82) is 0 Å². The van der Waals surface area contributed by atoms with Crippen LogP contribution < -0.4 is 0 Å². The van der Waals surface area contributed by atoms with Crippen LogP contribution in [0.25, 0.3) is 0 Å². The highest BCUT2D eigenvalue weighted by atomic mass is 14.4. The Morgan fingerprint density at radius 2 is 1.64 bits per heavy atom. The standard InChI is InChI=1S/C14H26/c1-3-6-12-8-5-10-14(12)13-9-4-7-11(13)2/h11-14H,3-10H2,1-2H3. The lowest BCUT2D eigenvalue weighted by Gasteiger charge is -2.28. The van der Waals surface area contributed by atoms with E-state index in [2.05, 4.69) is 13.8 Å². The molecule has 2 rings (SSSR count). The molecular weight excluding hydrogens is 168 g/mol. The van der Waals surface area contributed by atoms with Crippen molar-refractivity contribution in [1.82, 2.24) is 0 Å². The zero-order chi connectivity index (χ0) is 9.97. The minimum Gasteiger partial charge on any atom is -0.0654 e. The van der Waals surface area contributed by atoms with Crippen LogP contribution in [0.1, 0.15) is 65.2 Å². The average molecular weight is 194 g/mol. The highest BCUT2D eigenvalue weighted by Gasteiger charge is 2.37. The number of rotatable bonds is 3. The fraction of sp³-hybridized carbons (Fsp3) is 1.00. The van der Waals surface area contributed by atoms with Crippen LogP contribution in [0.2, 0.25) is 0 Å². The first kappa shape index (κ1) is 10.5. The molecular formula is C14H26. The molecule has 2 aliphatic carbocycles. The van der Waals surface area contributed by atoms with Crippen LogP contribution in [-0.2, 0) is 0 Å². The largest absolute Gasteiger partial charge is 0.0654 e. The maximum absolute atomic E-state index is 2.50. The number of hydrogen-bond donors (Lipinski definition) is 0. The van der Waals surface area contributed by atoms with Crippen LogP contribution in [0.5, 0.6) is 0 Å². The monoisotopic (exact) mass is 194 g/mol. The third-order valence-corrected chi connectivity index (χ3v) is 4.86. The molecule has 0 heteroatoms. The summed E-state index contributed by atoms with van der Waals surface area (Å²) in [7, 11) is 0. The highest BCUT2D eigenvalue weighted by molar-refractivity contribution is 4.87. The molecule has 0 heterocycles. The number of hydrogen-bond acceptors (Lipinski definition) is 0. The molecule has 0 aliphatic heterocycles. The van der Waals surface area contributed by atoms with Gasteiger partial charge < -0.3 is 0 Å². The van der Waals surface area contributed by atoms with Crippen molar-refractivity contribution in [3.63, 3.8) is 0 Å². The molecule has 0 amide bonds. The molecule has 4 atom stereocenters. The second-order valence-corrected chi connectivity index (χ2v) is 5.72. The first-order chi connectivity index (χ1) is 6.83. The van der Waals surface area contributed by atoms with E-state index in [1.54, 1.807) is 19.3 Å². The fourth-order valence-corrected chi connectivity index (χ4v) is 4.17. The minimum atomic E-state index is 1.04. The molecule has 2 saturated carbocycles. The third-order valence-electron chi connectivity index (χ3n) is 4.86. The quantitative estimate of drug-likeness (QED) is 0.614. The maximum Gasteiger partial charge on any atom is -0.0355 e. The lowest BCUT2D eigenvalue weighted by atomic mass is 9.77. The van der Waals surface area contributed by atoms with E-state index in [9.17, 15) is 0 Å². The highest BCUT2D eigenvalue weighted by Crippen LogP contribution is 2.47. The Morgan fingerprint density at radius 3 is 2.29 bits per heavy atom. The molecule has 4 unspecified atom stereocenters. The molecule has 0 spiro atoms. The Morgan fingerprint density at radius 1 is 0.929 bits per heavy atom. The Labute approximate surface area is 89.5 Å². The summed E-state index contributed by atoms with van der Waals surface area (Å²) in [5, 5.41) is 0.